The van der Waals surface area contributed by atoms with E-state index in [1.54, 1.807) is 4.57 Å². The van der Waals surface area contributed by atoms with Crippen LogP contribution in [-0.4, -0.2) is 34.8 Å². The van der Waals surface area contributed by atoms with Crippen molar-refractivity contribution >= 4 is 22.5 Å². The molecule has 2 aromatic rings. The number of hydrogen-bond acceptors (Lipinski definition) is 3. The van der Waals surface area contributed by atoms with Gasteiger partial charge in [-0.2, -0.15) is 0 Å². The third-order valence-corrected chi connectivity index (χ3v) is 5.73. The number of fused-ring (bicyclic) bond motifs is 1. The van der Waals surface area contributed by atoms with Gasteiger partial charge in [-0.15, -0.1) is 0 Å². The number of rotatable bonds is 2. The summed E-state index contributed by atoms with van der Waals surface area (Å²) in [6, 6.07) is 7.73. The summed E-state index contributed by atoms with van der Waals surface area (Å²) < 4.78 is 7.80. The Balaban J connectivity index is 1.63. The molecular formula is C19H23ClN2O2. The molecule has 5 heteroatoms. The van der Waals surface area contributed by atoms with Crippen LogP contribution in [0.4, 0.5) is 0 Å². The Bertz CT molecular complexity index is 824. The van der Waals surface area contributed by atoms with E-state index in [0.29, 0.717) is 11.6 Å². The highest BCUT2D eigenvalue weighted by molar-refractivity contribution is 6.31. The lowest BCUT2D eigenvalue weighted by Crippen LogP contribution is -2.50. The van der Waals surface area contributed by atoms with E-state index < -0.39 is 0 Å². The predicted octanol–water partition coefficient (Wildman–Crippen LogP) is 3.34. The molecule has 0 amide bonds. The van der Waals surface area contributed by atoms with Gasteiger partial charge < -0.3 is 9.30 Å². The Kier molecular flexibility index (Phi) is 4.15. The molecule has 2 heterocycles. The van der Waals surface area contributed by atoms with Crippen molar-refractivity contribution in [2.75, 3.05) is 19.7 Å². The van der Waals surface area contributed by atoms with Gasteiger partial charge in [0.15, 0.2) is 0 Å². The zero-order valence-electron chi connectivity index (χ0n) is 14.1. The summed E-state index contributed by atoms with van der Waals surface area (Å²) in [5, 5.41) is 1.71. The van der Waals surface area contributed by atoms with Crippen molar-refractivity contribution in [2.45, 2.75) is 37.8 Å². The van der Waals surface area contributed by atoms with Crippen molar-refractivity contribution < 1.29 is 4.74 Å². The first-order valence-corrected chi connectivity index (χ1v) is 9.09. The maximum absolute atomic E-state index is 12.7. The van der Waals surface area contributed by atoms with Crippen molar-refractivity contribution in [1.29, 1.82) is 0 Å². The lowest BCUT2D eigenvalue weighted by Gasteiger charge is -2.40. The maximum atomic E-state index is 12.7. The molecule has 0 bridgehead atoms. The minimum absolute atomic E-state index is 0.0356. The second-order valence-corrected chi connectivity index (χ2v) is 7.62. The van der Waals surface area contributed by atoms with Crippen LogP contribution in [0.25, 0.3) is 10.9 Å². The number of morpholine rings is 1. The van der Waals surface area contributed by atoms with Gasteiger partial charge in [-0.1, -0.05) is 30.5 Å². The maximum Gasteiger partial charge on any atom is 0.255 e. The van der Waals surface area contributed by atoms with Crippen LogP contribution in [0.1, 0.15) is 31.2 Å². The van der Waals surface area contributed by atoms with Crippen LogP contribution in [0.3, 0.4) is 0 Å². The highest BCUT2D eigenvalue weighted by Crippen LogP contribution is 2.36. The summed E-state index contributed by atoms with van der Waals surface area (Å²) in [6.45, 7) is 3.29. The summed E-state index contributed by atoms with van der Waals surface area (Å²) >= 11 is 6.07. The van der Waals surface area contributed by atoms with Gasteiger partial charge in [0.2, 0.25) is 0 Å². The molecular weight excluding hydrogens is 324 g/mol. The molecule has 2 fully saturated rings. The fraction of sp³-hybridized carbons (Fsp3) is 0.526. The Morgan fingerprint density at radius 2 is 2.04 bits per heavy atom. The Morgan fingerprint density at radius 3 is 2.83 bits per heavy atom. The number of pyridine rings is 1. The van der Waals surface area contributed by atoms with Crippen molar-refractivity contribution in [3.8, 4) is 0 Å². The lowest BCUT2D eigenvalue weighted by atomic mass is 9.99. The average Bonchev–Trinajstić information content (AvgIpc) is 3.01. The number of aromatic nitrogens is 1. The molecule has 128 valence electrons. The standard InChI is InChI=1S/C19H23ClN2O2/c1-21-17-11-16(20)5-4-14(17)10-15(18(21)23)12-22-8-9-24-19(13-22)6-2-3-7-19/h4-5,10-11H,2-3,6-9,12-13H2,1H3. The summed E-state index contributed by atoms with van der Waals surface area (Å²) in [7, 11) is 1.82. The van der Waals surface area contributed by atoms with E-state index in [9.17, 15) is 4.79 Å². The molecule has 0 unspecified atom stereocenters. The zero-order valence-corrected chi connectivity index (χ0v) is 14.8. The number of aryl methyl sites for hydroxylation is 1. The Hall–Kier alpha value is -1.36. The molecule has 2 aliphatic rings. The van der Waals surface area contributed by atoms with Crippen molar-refractivity contribution in [3.05, 3.63) is 45.2 Å². The quantitative estimate of drug-likeness (QED) is 0.836. The Morgan fingerprint density at radius 1 is 1.25 bits per heavy atom. The topological polar surface area (TPSA) is 34.5 Å². The van der Waals surface area contributed by atoms with Crippen molar-refractivity contribution in [2.24, 2.45) is 7.05 Å². The van der Waals surface area contributed by atoms with Crippen LogP contribution < -0.4 is 5.56 Å². The first-order valence-electron chi connectivity index (χ1n) is 8.71. The molecule has 4 nitrogen and oxygen atoms in total. The molecule has 1 aromatic heterocycles. The smallest absolute Gasteiger partial charge is 0.255 e. The van der Waals surface area contributed by atoms with E-state index in [1.165, 1.54) is 12.8 Å². The third kappa shape index (κ3) is 2.87. The highest BCUT2D eigenvalue weighted by atomic mass is 35.5. The van der Waals surface area contributed by atoms with Gasteiger partial charge in [0.05, 0.1) is 17.7 Å². The van der Waals surface area contributed by atoms with Gasteiger partial charge in [0.25, 0.3) is 5.56 Å². The number of hydrogen-bond donors (Lipinski definition) is 0. The molecule has 1 spiro atoms. The number of ether oxygens (including phenoxy) is 1. The van der Waals surface area contributed by atoms with Crippen LogP contribution >= 0.6 is 11.6 Å². The Labute approximate surface area is 147 Å². The van der Waals surface area contributed by atoms with Gasteiger partial charge in [0, 0.05) is 37.3 Å². The largest absolute Gasteiger partial charge is 0.372 e. The number of nitrogens with zero attached hydrogens (tertiary/aromatic N) is 2. The summed E-state index contributed by atoms with van der Waals surface area (Å²) in [4.78, 5) is 15.1. The molecule has 24 heavy (non-hydrogen) atoms. The molecule has 0 radical (unpaired) electrons. The van der Waals surface area contributed by atoms with E-state index in [1.807, 2.05) is 31.3 Å². The van der Waals surface area contributed by atoms with Gasteiger partial charge in [-0.3, -0.25) is 9.69 Å². The molecule has 0 N–H and O–H groups in total. The normalized spacial score (nSPS) is 20.9. The monoisotopic (exact) mass is 346 g/mol. The fourth-order valence-corrected chi connectivity index (χ4v) is 4.40. The zero-order chi connectivity index (χ0) is 16.7. The summed E-state index contributed by atoms with van der Waals surface area (Å²) in [6.07, 6.45) is 4.81. The molecule has 4 rings (SSSR count). The molecule has 1 aliphatic heterocycles. The van der Waals surface area contributed by atoms with E-state index in [0.717, 1.165) is 49.0 Å². The van der Waals surface area contributed by atoms with Crippen LogP contribution in [0, 0.1) is 0 Å². The molecule has 0 atom stereocenters. The van der Waals surface area contributed by atoms with Crippen LogP contribution in [0.2, 0.25) is 5.02 Å². The van der Waals surface area contributed by atoms with E-state index >= 15 is 0 Å². The second kappa shape index (κ2) is 6.17. The predicted molar refractivity (Wildman–Crippen MR) is 96.6 cm³/mol. The van der Waals surface area contributed by atoms with Gasteiger partial charge >= 0.3 is 0 Å². The molecule has 1 aromatic carbocycles. The number of benzene rings is 1. The highest BCUT2D eigenvalue weighted by Gasteiger charge is 2.39. The lowest BCUT2D eigenvalue weighted by molar-refractivity contribution is -0.107. The molecule has 1 aliphatic carbocycles. The van der Waals surface area contributed by atoms with Gasteiger partial charge in [0.1, 0.15) is 0 Å². The number of halogens is 1. The summed E-state index contributed by atoms with van der Waals surface area (Å²) in [5.74, 6) is 0. The van der Waals surface area contributed by atoms with Crippen LogP contribution in [-0.2, 0) is 18.3 Å². The second-order valence-electron chi connectivity index (χ2n) is 7.19. The molecule has 1 saturated heterocycles. The summed E-state index contributed by atoms with van der Waals surface area (Å²) in [5.41, 5.74) is 1.83. The van der Waals surface area contributed by atoms with Crippen LogP contribution in [0.15, 0.2) is 29.1 Å². The first-order chi connectivity index (χ1) is 11.6. The first kappa shape index (κ1) is 16.1. The molecule has 1 saturated carbocycles. The van der Waals surface area contributed by atoms with Crippen molar-refractivity contribution in [3.63, 3.8) is 0 Å². The van der Waals surface area contributed by atoms with Crippen LogP contribution in [0.5, 0.6) is 0 Å². The average molecular weight is 347 g/mol. The van der Waals surface area contributed by atoms with Gasteiger partial charge in [-0.25, -0.2) is 0 Å². The SMILES string of the molecule is Cn1c(=O)c(CN2CCOC3(CCCC3)C2)cc2ccc(Cl)cc21. The fourth-order valence-electron chi connectivity index (χ4n) is 4.24. The minimum atomic E-state index is 0.0356. The van der Waals surface area contributed by atoms with E-state index in [4.69, 9.17) is 16.3 Å². The van der Waals surface area contributed by atoms with E-state index in [-0.39, 0.29) is 11.2 Å². The van der Waals surface area contributed by atoms with Gasteiger partial charge in [-0.05, 0) is 36.4 Å². The third-order valence-electron chi connectivity index (χ3n) is 5.50. The van der Waals surface area contributed by atoms with E-state index in [2.05, 4.69) is 4.90 Å². The minimum Gasteiger partial charge on any atom is -0.372 e. The van der Waals surface area contributed by atoms with Crippen molar-refractivity contribution in [1.82, 2.24) is 9.47 Å².